The van der Waals surface area contributed by atoms with Gasteiger partial charge in [-0.15, -0.1) is 5.10 Å². The van der Waals surface area contributed by atoms with Gasteiger partial charge in [0.15, 0.2) is 0 Å². The van der Waals surface area contributed by atoms with Gasteiger partial charge in [-0.2, -0.15) is 8.42 Å². The zero-order valence-electron chi connectivity index (χ0n) is 7.35. The molecular weight excluding hydrogens is 220 g/mol. The van der Waals surface area contributed by atoms with Gasteiger partial charge in [-0.25, -0.2) is 0 Å². The first-order valence-electron chi connectivity index (χ1n) is 3.91. The summed E-state index contributed by atoms with van der Waals surface area (Å²) in [5.74, 6) is -0.0295. The Kier molecular flexibility index (Phi) is 2.21. The molecule has 0 amide bonds. The van der Waals surface area contributed by atoms with E-state index in [1.807, 2.05) is 0 Å². The van der Waals surface area contributed by atoms with Crippen molar-refractivity contribution >= 4 is 10.3 Å². The minimum absolute atomic E-state index is 0.0295. The van der Waals surface area contributed by atoms with Crippen molar-refractivity contribution in [3.8, 4) is 11.4 Å². The Hall–Kier alpha value is -1.80. The minimum Gasteiger partial charge on any atom is -0.268 e. The van der Waals surface area contributed by atoms with Crippen molar-refractivity contribution in [3.63, 3.8) is 0 Å². The molecule has 15 heavy (non-hydrogen) atoms. The van der Waals surface area contributed by atoms with E-state index in [0.29, 0.717) is 9.65 Å². The average molecular weight is 226 g/mol. The van der Waals surface area contributed by atoms with Gasteiger partial charge in [0.1, 0.15) is 0 Å². The van der Waals surface area contributed by atoms with Crippen LogP contribution in [-0.4, -0.2) is 32.6 Å². The summed E-state index contributed by atoms with van der Waals surface area (Å²) < 4.78 is 30.9. The van der Waals surface area contributed by atoms with E-state index in [-0.39, 0.29) is 5.82 Å². The molecule has 1 aromatic heterocycles. The molecule has 0 bridgehead atoms. The number of aromatic nitrogens is 4. The highest BCUT2D eigenvalue weighted by Gasteiger charge is 2.17. The molecule has 0 spiro atoms. The number of rotatable bonds is 2. The molecule has 0 radical (unpaired) electrons. The Labute approximate surface area is 85.2 Å². The van der Waals surface area contributed by atoms with Crippen molar-refractivity contribution < 1.29 is 13.0 Å². The number of hydrogen-bond acceptors (Lipinski definition) is 5. The topological polar surface area (TPSA) is 98.0 Å². The van der Waals surface area contributed by atoms with Crippen molar-refractivity contribution in [2.24, 2.45) is 0 Å². The van der Waals surface area contributed by atoms with Crippen LogP contribution in [0.2, 0.25) is 0 Å². The van der Waals surface area contributed by atoms with Gasteiger partial charge in [0.25, 0.3) is 0 Å². The highest BCUT2D eigenvalue weighted by molar-refractivity contribution is 7.84. The third kappa shape index (κ3) is 1.85. The zero-order valence-corrected chi connectivity index (χ0v) is 8.16. The minimum atomic E-state index is -4.46. The molecule has 1 aromatic carbocycles. The Morgan fingerprint density at radius 3 is 2.47 bits per heavy atom. The largest absolute Gasteiger partial charge is 0.382 e. The second kappa shape index (κ2) is 3.41. The van der Waals surface area contributed by atoms with E-state index in [2.05, 4.69) is 15.5 Å². The molecule has 0 saturated heterocycles. The van der Waals surface area contributed by atoms with Crippen LogP contribution in [-0.2, 0) is 10.3 Å². The molecule has 2 aromatic rings. The van der Waals surface area contributed by atoms with E-state index in [0.717, 1.165) is 0 Å². The van der Waals surface area contributed by atoms with Gasteiger partial charge in [0.2, 0.25) is 5.82 Å². The fourth-order valence-corrected chi connectivity index (χ4v) is 1.58. The SMILES string of the molecule is O=S(=O)(O)n1nnnc1-c1ccccc1. The molecular formula is C7H6N4O3S. The molecule has 1 heterocycles. The smallest absolute Gasteiger partial charge is 0.268 e. The molecule has 7 nitrogen and oxygen atoms in total. The average Bonchev–Trinajstić information content (AvgIpc) is 2.67. The summed E-state index contributed by atoms with van der Waals surface area (Å²) in [6.07, 6.45) is 0. The van der Waals surface area contributed by atoms with Crippen LogP contribution in [0.25, 0.3) is 11.4 Å². The van der Waals surface area contributed by atoms with Crippen LogP contribution in [0, 0.1) is 0 Å². The third-order valence-corrected chi connectivity index (χ3v) is 2.38. The summed E-state index contributed by atoms with van der Waals surface area (Å²) in [6.45, 7) is 0. The molecule has 0 unspecified atom stereocenters. The molecule has 0 aliphatic heterocycles. The maximum atomic E-state index is 10.9. The first-order chi connectivity index (χ1) is 7.09. The lowest BCUT2D eigenvalue weighted by Crippen LogP contribution is -2.14. The second-order valence-electron chi connectivity index (χ2n) is 2.69. The summed E-state index contributed by atoms with van der Waals surface area (Å²) in [7, 11) is -4.46. The Morgan fingerprint density at radius 1 is 1.20 bits per heavy atom. The molecule has 1 N–H and O–H groups in total. The molecule has 2 rings (SSSR count). The number of nitrogens with zero attached hydrogens (tertiary/aromatic N) is 4. The molecule has 0 fully saturated rings. The predicted molar refractivity (Wildman–Crippen MR) is 50.2 cm³/mol. The van der Waals surface area contributed by atoms with Crippen LogP contribution in [0.1, 0.15) is 0 Å². The molecule has 78 valence electrons. The summed E-state index contributed by atoms with van der Waals surface area (Å²) in [5, 5.41) is 9.89. The van der Waals surface area contributed by atoms with Crippen LogP contribution >= 0.6 is 0 Å². The summed E-state index contributed by atoms with van der Waals surface area (Å²) in [5.41, 5.74) is 0.500. The van der Waals surface area contributed by atoms with E-state index < -0.39 is 10.3 Å². The molecule has 8 heteroatoms. The number of benzene rings is 1. The van der Waals surface area contributed by atoms with Crippen LogP contribution < -0.4 is 0 Å². The lowest BCUT2D eigenvalue weighted by molar-refractivity contribution is 0.464. The molecule has 0 aliphatic rings. The van der Waals surface area contributed by atoms with Crippen molar-refractivity contribution in [1.29, 1.82) is 0 Å². The molecule has 0 atom stereocenters. The summed E-state index contributed by atoms with van der Waals surface area (Å²) >= 11 is 0. The first-order valence-corrected chi connectivity index (χ1v) is 5.30. The van der Waals surface area contributed by atoms with E-state index >= 15 is 0 Å². The molecule has 0 aliphatic carbocycles. The van der Waals surface area contributed by atoms with Gasteiger partial charge >= 0.3 is 10.3 Å². The lowest BCUT2D eigenvalue weighted by Gasteiger charge is -1.99. The van der Waals surface area contributed by atoms with E-state index in [1.165, 1.54) is 0 Å². The monoisotopic (exact) mass is 226 g/mol. The van der Waals surface area contributed by atoms with Gasteiger partial charge in [-0.05, 0) is 10.4 Å². The Morgan fingerprint density at radius 2 is 1.87 bits per heavy atom. The maximum absolute atomic E-state index is 10.9. The van der Waals surface area contributed by atoms with Crippen molar-refractivity contribution in [2.45, 2.75) is 0 Å². The third-order valence-electron chi connectivity index (χ3n) is 1.69. The van der Waals surface area contributed by atoms with Crippen molar-refractivity contribution in [2.75, 3.05) is 0 Å². The van der Waals surface area contributed by atoms with Gasteiger partial charge in [0, 0.05) is 5.56 Å². The van der Waals surface area contributed by atoms with Gasteiger partial charge in [0.05, 0.1) is 0 Å². The highest BCUT2D eigenvalue weighted by atomic mass is 32.2. The standard InChI is InChI=1S/C7H6N4O3S/c12-15(13,14)11-7(8-9-10-11)6-4-2-1-3-5-6/h1-5H,(H,12,13,14). The van der Waals surface area contributed by atoms with Crippen molar-refractivity contribution in [1.82, 2.24) is 19.6 Å². The summed E-state index contributed by atoms with van der Waals surface area (Å²) in [4.78, 5) is 0. The number of hydrogen-bond donors (Lipinski definition) is 1. The predicted octanol–water partition coefficient (Wildman–Crippen LogP) is -0.00900. The van der Waals surface area contributed by atoms with E-state index in [4.69, 9.17) is 4.55 Å². The normalized spacial score (nSPS) is 11.5. The van der Waals surface area contributed by atoms with E-state index in [9.17, 15) is 8.42 Å². The van der Waals surface area contributed by atoms with Crippen LogP contribution in [0.5, 0.6) is 0 Å². The van der Waals surface area contributed by atoms with Gasteiger partial charge in [-0.1, -0.05) is 34.4 Å². The molecule has 0 saturated carbocycles. The quantitative estimate of drug-likeness (QED) is 0.723. The van der Waals surface area contributed by atoms with Gasteiger partial charge < -0.3 is 0 Å². The Bertz CT molecular complexity index is 563. The summed E-state index contributed by atoms with van der Waals surface area (Å²) in [6, 6.07) is 8.45. The second-order valence-corrected chi connectivity index (χ2v) is 3.93. The zero-order chi connectivity index (χ0) is 10.9. The lowest BCUT2D eigenvalue weighted by atomic mass is 10.2. The van der Waals surface area contributed by atoms with Crippen LogP contribution in [0.15, 0.2) is 30.3 Å². The number of tetrazole rings is 1. The van der Waals surface area contributed by atoms with Crippen LogP contribution in [0.3, 0.4) is 0 Å². The first kappa shape index (κ1) is 9.74. The fraction of sp³-hybridized carbons (Fsp3) is 0. The fourth-order valence-electron chi connectivity index (χ4n) is 1.09. The van der Waals surface area contributed by atoms with Gasteiger partial charge in [-0.3, -0.25) is 4.55 Å². The Balaban J connectivity index is 2.61. The van der Waals surface area contributed by atoms with Crippen molar-refractivity contribution in [3.05, 3.63) is 30.3 Å². The van der Waals surface area contributed by atoms with Crippen LogP contribution in [0.4, 0.5) is 0 Å². The maximum Gasteiger partial charge on any atom is 0.382 e. The highest BCUT2D eigenvalue weighted by Crippen LogP contribution is 2.15. The van der Waals surface area contributed by atoms with E-state index in [1.54, 1.807) is 30.3 Å².